The molecule has 19 heavy (non-hydrogen) atoms. The van der Waals surface area contributed by atoms with Crippen LogP contribution in [0.4, 0.5) is 0 Å². The predicted octanol–water partition coefficient (Wildman–Crippen LogP) is 2.51. The van der Waals surface area contributed by atoms with Gasteiger partial charge in [-0.15, -0.1) is 0 Å². The van der Waals surface area contributed by atoms with Gasteiger partial charge in [-0.25, -0.2) is 0 Å². The molecule has 102 valence electrons. The molecule has 0 bridgehead atoms. The number of fused-ring (bicyclic) bond motifs is 1. The number of hydrogen-bond donors (Lipinski definition) is 2. The maximum Gasteiger partial charge on any atom is 0.320 e. The van der Waals surface area contributed by atoms with Crippen molar-refractivity contribution < 1.29 is 9.90 Å². The summed E-state index contributed by atoms with van der Waals surface area (Å²) in [4.78, 5) is 11.0. The highest BCUT2D eigenvalue weighted by atomic mass is 79.9. The van der Waals surface area contributed by atoms with Crippen LogP contribution in [0.1, 0.15) is 16.8 Å². The third-order valence-corrected chi connectivity index (χ3v) is 4.30. The smallest absolute Gasteiger partial charge is 0.320 e. The number of aryl methyl sites for hydroxylation is 2. The minimum absolute atomic E-state index is 0.343. The van der Waals surface area contributed by atoms with E-state index >= 15 is 0 Å². The number of carboxylic acids is 1. The fraction of sp³-hybridized carbons (Fsp3) is 0.357. The van der Waals surface area contributed by atoms with E-state index in [0.717, 1.165) is 32.2 Å². The Bertz CT molecular complexity index is 661. The van der Waals surface area contributed by atoms with Crippen LogP contribution in [0.25, 0.3) is 10.9 Å². The second-order valence-electron chi connectivity index (χ2n) is 4.86. The molecule has 0 radical (unpaired) electrons. The zero-order chi connectivity index (χ0) is 14.3. The van der Waals surface area contributed by atoms with Crippen LogP contribution in [0.5, 0.6) is 0 Å². The molecule has 0 aliphatic heterocycles. The highest BCUT2D eigenvalue weighted by molar-refractivity contribution is 9.10. The van der Waals surface area contributed by atoms with Crippen molar-refractivity contribution in [2.45, 2.75) is 26.3 Å². The summed E-state index contributed by atoms with van der Waals surface area (Å²) in [6.45, 7) is 4.03. The van der Waals surface area contributed by atoms with Crippen molar-refractivity contribution >= 4 is 32.8 Å². The van der Waals surface area contributed by atoms with Gasteiger partial charge in [0.25, 0.3) is 0 Å². The van der Waals surface area contributed by atoms with E-state index in [0.29, 0.717) is 6.42 Å². The number of aliphatic carboxylic acids is 1. The summed E-state index contributed by atoms with van der Waals surface area (Å²) in [5.74, 6) is -0.968. The zero-order valence-corrected chi connectivity index (χ0v) is 12.8. The minimum atomic E-state index is -0.968. The molecular formula is C14H17BrN2O2. The van der Waals surface area contributed by atoms with Gasteiger partial charge in [-0.2, -0.15) is 0 Å². The third kappa shape index (κ3) is 2.28. The SMILES string of the molecule is Cc1ccc(Br)c2c1c(CC(N)C(=O)O)c(C)n2C. The summed E-state index contributed by atoms with van der Waals surface area (Å²) in [5.41, 5.74) is 9.98. The van der Waals surface area contributed by atoms with E-state index in [1.165, 1.54) is 0 Å². The van der Waals surface area contributed by atoms with Crippen molar-refractivity contribution in [1.29, 1.82) is 0 Å². The zero-order valence-electron chi connectivity index (χ0n) is 11.2. The highest BCUT2D eigenvalue weighted by Crippen LogP contribution is 2.33. The number of nitrogens with two attached hydrogens (primary N) is 1. The Balaban J connectivity index is 2.70. The van der Waals surface area contributed by atoms with Crippen LogP contribution in [-0.2, 0) is 18.3 Å². The van der Waals surface area contributed by atoms with Gasteiger partial charge in [0.15, 0.2) is 0 Å². The monoisotopic (exact) mass is 324 g/mol. The van der Waals surface area contributed by atoms with E-state index in [2.05, 4.69) is 20.5 Å². The second-order valence-corrected chi connectivity index (χ2v) is 5.71. The van der Waals surface area contributed by atoms with E-state index in [-0.39, 0.29) is 0 Å². The standard InChI is InChI=1S/C14H17BrN2O2/c1-7-4-5-10(15)13-12(7)9(8(2)17(13)3)6-11(16)14(18)19/h4-5,11H,6,16H2,1-3H3,(H,18,19). The Morgan fingerprint density at radius 2 is 2.11 bits per heavy atom. The Morgan fingerprint density at radius 1 is 1.47 bits per heavy atom. The highest BCUT2D eigenvalue weighted by Gasteiger charge is 2.20. The van der Waals surface area contributed by atoms with E-state index in [4.69, 9.17) is 10.8 Å². The average molecular weight is 325 g/mol. The van der Waals surface area contributed by atoms with Crippen molar-refractivity contribution in [2.75, 3.05) is 0 Å². The molecule has 0 saturated carbocycles. The largest absolute Gasteiger partial charge is 0.480 e. The van der Waals surface area contributed by atoms with Gasteiger partial charge in [0.05, 0.1) is 5.52 Å². The first-order valence-corrected chi connectivity index (χ1v) is 6.85. The number of aromatic nitrogens is 1. The summed E-state index contributed by atoms with van der Waals surface area (Å²) >= 11 is 3.56. The van der Waals surface area contributed by atoms with Crippen LogP contribution >= 0.6 is 15.9 Å². The summed E-state index contributed by atoms with van der Waals surface area (Å²) in [7, 11) is 1.98. The molecule has 5 heteroatoms. The van der Waals surface area contributed by atoms with E-state index < -0.39 is 12.0 Å². The van der Waals surface area contributed by atoms with Crippen LogP contribution in [0.15, 0.2) is 16.6 Å². The van der Waals surface area contributed by atoms with Gasteiger partial charge < -0.3 is 15.4 Å². The summed E-state index contributed by atoms with van der Waals surface area (Å²) in [6, 6.07) is 3.17. The van der Waals surface area contributed by atoms with Gasteiger partial charge >= 0.3 is 5.97 Å². The summed E-state index contributed by atoms with van der Waals surface area (Å²) in [5, 5.41) is 10.1. The predicted molar refractivity (Wildman–Crippen MR) is 79.4 cm³/mol. The lowest BCUT2D eigenvalue weighted by atomic mass is 10.00. The van der Waals surface area contributed by atoms with Gasteiger partial charge in [0.1, 0.15) is 6.04 Å². The molecular weight excluding hydrogens is 308 g/mol. The molecule has 0 spiro atoms. The van der Waals surface area contributed by atoms with Crippen LogP contribution < -0.4 is 5.73 Å². The van der Waals surface area contributed by atoms with Gasteiger partial charge in [-0.05, 0) is 47.0 Å². The van der Waals surface area contributed by atoms with Gasteiger partial charge in [-0.1, -0.05) is 6.07 Å². The number of carbonyl (C=O) groups is 1. The minimum Gasteiger partial charge on any atom is -0.480 e. The first-order chi connectivity index (χ1) is 8.84. The lowest BCUT2D eigenvalue weighted by Gasteiger charge is -2.08. The molecule has 3 N–H and O–H groups in total. The molecule has 2 rings (SSSR count). The van der Waals surface area contributed by atoms with Crippen molar-refractivity contribution in [3.8, 4) is 0 Å². The molecule has 0 amide bonds. The van der Waals surface area contributed by atoms with Crippen molar-refractivity contribution in [3.63, 3.8) is 0 Å². The van der Waals surface area contributed by atoms with Gasteiger partial charge in [0.2, 0.25) is 0 Å². The number of nitrogens with zero attached hydrogens (tertiary/aromatic N) is 1. The number of carboxylic acid groups (broad SMARTS) is 1. The normalized spacial score (nSPS) is 12.9. The molecule has 0 aliphatic carbocycles. The lowest BCUT2D eigenvalue weighted by Crippen LogP contribution is -2.32. The van der Waals surface area contributed by atoms with E-state index in [9.17, 15) is 4.79 Å². The number of benzene rings is 1. The van der Waals surface area contributed by atoms with Crippen LogP contribution in [0.2, 0.25) is 0 Å². The third-order valence-electron chi connectivity index (χ3n) is 3.66. The molecule has 1 heterocycles. The van der Waals surface area contributed by atoms with Crippen LogP contribution in [0, 0.1) is 13.8 Å². The first kappa shape index (κ1) is 14.1. The lowest BCUT2D eigenvalue weighted by molar-refractivity contribution is -0.138. The number of halogens is 1. The molecule has 0 aliphatic rings. The molecule has 1 aromatic carbocycles. The van der Waals surface area contributed by atoms with Crippen LogP contribution in [0.3, 0.4) is 0 Å². The molecule has 4 nitrogen and oxygen atoms in total. The summed E-state index contributed by atoms with van der Waals surface area (Å²) < 4.78 is 3.09. The van der Waals surface area contributed by atoms with Crippen molar-refractivity contribution in [2.24, 2.45) is 12.8 Å². The quantitative estimate of drug-likeness (QED) is 0.911. The second kappa shape index (κ2) is 4.98. The molecule has 0 saturated heterocycles. The molecule has 2 aromatic rings. The molecule has 1 atom stereocenters. The van der Waals surface area contributed by atoms with E-state index in [1.54, 1.807) is 0 Å². The number of rotatable bonds is 3. The van der Waals surface area contributed by atoms with Gasteiger partial charge in [-0.3, -0.25) is 4.79 Å². The first-order valence-electron chi connectivity index (χ1n) is 6.06. The van der Waals surface area contributed by atoms with Crippen molar-refractivity contribution in [1.82, 2.24) is 4.57 Å². The Hall–Kier alpha value is -1.33. The average Bonchev–Trinajstić information content (AvgIpc) is 2.60. The Labute approximate surface area is 120 Å². The Kier molecular flexibility index (Phi) is 3.69. The number of hydrogen-bond acceptors (Lipinski definition) is 2. The Morgan fingerprint density at radius 3 is 2.68 bits per heavy atom. The fourth-order valence-electron chi connectivity index (χ4n) is 2.48. The fourth-order valence-corrected chi connectivity index (χ4v) is 3.08. The summed E-state index contributed by atoms with van der Waals surface area (Å²) in [6.07, 6.45) is 0.343. The molecule has 1 aromatic heterocycles. The topological polar surface area (TPSA) is 68.2 Å². The van der Waals surface area contributed by atoms with Gasteiger partial charge in [0, 0.05) is 29.0 Å². The maximum absolute atomic E-state index is 11.0. The molecule has 0 fully saturated rings. The van der Waals surface area contributed by atoms with Crippen molar-refractivity contribution in [3.05, 3.63) is 33.4 Å². The molecule has 1 unspecified atom stereocenters. The van der Waals surface area contributed by atoms with Crippen LogP contribution in [-0.4, -0.2) is 21.7 Å². The van der Waals surface area contributed by atoms with E-state index in [1.807, 2.05) is 33.0 Å². The maximum atomic E-state index is 11.0.